The summed E-state index contributed by atoms with van der Waals surface area (Å²) in [6, 6.07) is 13.0. The fourth-order valence-electron chi connectivity index (χ4n) is 5.69. The molecule has 0 saturated carbocycles. The van der Waals surface area contributed by atoms with Crippen LogP contribution in [-0.2, 0) is 16.0 Å². The molecular weight excluding hydrogens is 458 g/mol. The Kier molecular flexibility index (Phi) is 6.49. The summed E-state index contributed by atoms with van der Waals surface area (Å²) in [5.41, 5.74) is 3.33. The lowest BCUT2D eigenvalue weighted by molar-refractivity contribution is -0.384. The number of aromatic amines is 1. The minimum atomic E-state index is -0.643. The van der Waals surface area contributed by atoms with Crippen LogP contribution in [0.25, 0.3) is 10.9 Å². The fraction of sp³-hybridized carbons (Fsp3) is 0.407. The summed E-state index contributed by atoms with van der Waals surface area (Å²) < 4.78 is 0. The van der Waals surface area contributed by atoms with E-state index < -0.39 is 17.0 Å². The summed E-state index contributed by atoms with van der Waals surface area (Å²) in [6.07, 6.45) is 1.22. The maximum absolute atomic E-state index is 13.7. The number of hydrogen-bond acceptors (Lipinski definition) is 5. The van der Waals surface area contributed by atoms with Gasteiger partial charge in [-0.3, -0.25) is 19.7 Å². The summed E-state index contributed by atoms with van der Waals surface area (Å²) in [5, 5.41) is 12.5. The molecule has 188 valence electrons. The van der Waals surface area contributed by atoms with E-state index in [1.165, 1.54) is 12.1 Å². The molecule has 3 heterocycles. The number of rotatable bonds is 8. The van der Waals surface area contributed by atoms with Gasteiger partial charge in [0.05, 0.1) is 17.5 Å². The predicted molar refractivity (Wildman–Crippen MR) is 137 cm³/mol. The maximum Gasteiger partial charge on any atom is 0.269 e. The number of nitro benzene ring substituents is 1. The Labute approximate surface area is 209 Å². The largest absolute Gasteiger partial charge is 0.356 e. The van der Waals surface area contributed by atoms with E-state index in [1.807, 2.05) is 24.3 Å². The zero-order chi connectivity index (χ0) is 25.4. The van der Waals surface area contributed by atoms with Gasteiger partial charge in [-0.25, -0.2) is 0 Å². The van der Waals surface area contributed by atoms with Crippen molar-refractivity contribution in [2.75, 3.05) is 32.7 Å². The van der Waals surface area contributed by atoms with Crippen LogP contribution < -0.4 is 0 Å². The van der Waals surface area contributed by atoms with E-state index in [0.29, 0.717) is 18.5 Å². The molecule has 5 rings (SSSR count). The van der Waals surface area contributed by atoms with E-state index in [0.717, 1.165) is 48.2 Å². The molecule has 3 aromatic rings. The van der Waals surface area contributed by atoms with Crippen LogP contribution in [0.4, 0.5) is 5.69 Å². The zero-order valence-electron chi connectivity index (χ0n) is 20.6. The topological polar surface area (TPSA) is 103 Å². The fourth-order valence-corrected chi connectivity index (χ4v) is 5.69. The number of piperazine rings is 1. The quantitative estimate of drug-likeness (QED) is 0.385. The molecule has 0 bridgehead atoms. The molecule has 1 fully saturated rings. The summed E-state index contributed by atoms with van der Waals surface area (Å²) in [5.74, 6) is -0.191. The first-order valence-electron chi connectivity index (χ1n) is 12.6. The molecule has 1 aromatic heterocycles. The molecule has 0 unspecified atom stereocenters. The van der Waals surface area contributed by atoms with Gasteiger partial charge >= 0.3 is 0 Å². The van der Waals surface area contributed by atoms with Gasteiger partial charge in [0.1, 0.15) is 6.04 Å². The van der Waals surface area contributed by atoms with Crippen molar-refractivity contribution in [3.05, 3.63) is 75.5 Å². The molecule has 2 aliphatic rings. The van der Waals surface area contributed by atoms with Crippen LogP contribution in [0, 0.1) is 10.1 Å². The minimum Gasteiger partial charge on any atom is -0.356 e. The van der Waals surface area contributed by atoms with Crippen molar-refractivity contribution in [3.8, 4) is 0 Å². The normalized spacial score (nSPS) is 19.6. The van der Waals surface area contributed by atoms with Gasteiger partial charge in [-0.15, -0.1) is 0 Å². The van der Waals surface area contributed by atoms with Gasteiger partial charge in [-0.1, -0.05) is 44.2 Å². The SMILES string of the molecule is CCN(CC)CCCN1CC(=O)N2[C@@H](c3cccc([N+](=O)[O-])c3)c3[nH]c4ccccc4c3C[C@@H]2C1=O. The first-order chi connectivity index (χ1) is 17.4. The second-order valence-electron chi connectivity index (χ2n) is 9.48. The molecule has 1 N–H and O–H groups in total. The van der Waals surface area contributed by atoms with Crippen molar-refractivity contribution < 1.29 is 14.5 Å². The van der Waals surface area contributed by atoms with Crippen LogP contribution in [-0.4, -0.2) is 75.2 Å². The molecule has 1 saturated heterocycles. The highest BCUT2D eigenvalue weighted by Crippen LogP contribution is 2.43. The van der Waals surface area contributed by atoms with E-state index in [9.17, 15) is 19.7 Å². The summed E-state index contributed by atoms with van der Waals surface area (Å²) >= 11 is 0. The van der Waals surface area contributed by atoms with Gasteiger partial charge in [-0.05, 0) is 43.2 Å². The number of benzene rings is 2. The third-order valence-electron chi connectivity index (χ3n) is 7.54. The molecule has 2 amide bonds. The van der Waals surface area contributed by atoms with Crippen molar-refractivity contribution in [1.29, 1.82) is 0 Å². The van der Waals surface area contributed by atoms with Gasteiger partial charge in [-0.2, -0.15) is 0 Å². The van der Waals surface area contributed by atoms with E-state index in [-0.39, 0.29) is 24.0 Å². The molecule has 9 nitrogen and oxygen atoms in total. The summed E-state index contributed by atoms with van der Waals surface area (Å²) in [6.45, 7) is 7.57. The number of fused-ring (bicyclic) bond motifs is 4. The number of carbonyl (C=O) groups is 2. The van der Waals surface area contributed by atoms with Crippen LogP contribution in [0.15, 0.2) is 48.5 Å². The number of nitro groups is 1. The molecule has 9 heteroatoms. The first kappa shape index (κ1) is 24.0. The molecular formula is C27H31N5O4. The highest BCUT2D eigenvalue weighted by atomic mass is 16.6. The second kappa shape index (κ2) is 9.73. The van der Waals surface area contributed by atoms with E-state index in [2.05, 4.69) is 23.7 Å². The third kappa shape index (κ3) is 4.13. The number of non-ortho nitro benzene ring substituents is 1. The van der Waals surface area contributed by atoms with Crippen LogP contribution in [0.2, 0.25) is 0 Å². The lowest BCUT2D eigenvalue weighted by Gasteiger charge is -2.47. The standard InChI is InChI=1S/C27H31N5O4/c1-3-29(4-2)13-8-14-30-17-24(33)31-23(27(30)34)16-21-20-11-5-6-12-22(20)28-25(21)26(31)18-9-7-10-19(15-18)32(35)36/h5-7,9-12,15,23,26,28H,3-4,8,13-14,16-17H2,1-2H3/t23-,26+/m1/s1. The van der Waals surface area contributed by atoms with Crippen LogP contribution >= 0.6 is 0 Å². The van der Waals surface area contributed by atoms with E-state index in [1.54, 1.807) is 21.9 Å². The lowest BCUT2D eigenvalue weighted by atomic mass is 9.86. The van der Waals surface area contributed by atoms with Gasteiger partial charge in [0, 0.05) is 41.7 Å². The average Bonchev–Trinajstić information content (AvgIpc) is 3.26. The van der Waals surface area contributed by atoms with Gasteiger partial charge in [0.15, 0.2) is 0 Å². The molecule has 2 aliphatic heterocycles. The van der Waals surface area contributed by atoms with Crippen LogP contribution in [0.5, 0.6) is 0 Å². The Morgan fingerprint density at radius 3 is 2.64 bits per heavy atom. The number of H-pyrrole nitrogens is 1. The number of para-hydroxylation sites is 1. The highest BCUT2D eigenvalue weighted by molar-refractivity contribution is 5.97. The van der Waals surface area contributed by atoms with Crippen molar-refractivity contribution >= 4 is 28.4 Å². The monoisotopic (exact) mass is 489 g/mol. The van der Waals surface area contributed by atoms with Crippen molar-refractivity contribution in [1.82, 2.24) is 19.7 Å². The van der Waals surface area contributed by atoms with Gasteiger partial charge in [0.25, 0.3) is 5.69 Å². The Hall–Kier alpha value is -3.72. The highest BCUT2D eigenvalue weighted by Gasteiger charge is 2.48. The van der Waals surface area contributed by atoms with Crippen molar-refractivity contribution in [3.63, 3.8) is 0 Å². The average molecular weight is 490 g/mol. The van der Waals surface area contributed by atoms with Crippen LogP contribution in [0.1, 0.15) is 43.1 Å². The lowest BCUT2D eigenvalue weighted by Crippen LogP contribution is -2.63. The summed E-state index contributed by atoms with van der Waals surface area (Å²) in [4.78, 5) is 47.5. The molecule has 0 aliphatic carbocycles. The number of nitrogens with zero attached hydrogens (tertiary/aromatic N) is 4. The number of aromatic nitrogens is 1. The van der Waals surface area contributed by atoms with Crippen molar-refractivity contribution in [2.24, 2.45) is 0 Å². The van der Waals surface area contributed by atoms with E-state index in [4.69, 9.17) is 0 Å². The van der Waals surface area contributed by atoms with Crippen molar-refractivity contribution in [2.45, 2.75) is 38.8 Å². The Morgan fingerprint density at radius 1 is 1.11 bits per heavy atom. The molecule has 2 atom stereocenters. The van der Waals surface area contributed by atoms with E-state index >= 15 is 0 Å². The van der Waals surface area contributed by atoms with Gasteiger partial charge < -0.3 is 19.7 Å². The van der Waals surface area contributed by atoms with Gasteiger partial charge in [0.2, 0.25) is 11.8 Å². The Bertz CT molecular complexity index is 1310. The molecule has 36 heavy (non-hydrogen) atoms. The number of amides is 2. The molecule has 0 spiro atoms. The minimum absolute atomic E-state index is 0.0224. The Balaban J connectivity index is 1.53. The molecule has 0 radical (unpaired) electrons. The number of nitrogens with one attached hydrogen (secondary N) is 1. The summed E-state index contributed by atoms with van der Waals surface area (Å²) in [7, 11) is 0. The Morgan fingerprint density at radius 2 is 1.89 bits per heavy atom. The third-order valence-corrected chi connectivity index (χ3v) is 7.54. The molecule has 2 aromatic carbocycles. The predicted octanol–water partition coefficient (Wildman–Crippen LogP) is 3.49. The first-order valence-corrected chi connectivity index (χ1v) is 12.6. The number of hydrogen-bond donors (Lipinski definition) is 1. The zero-order valence-corrected chi connectivity index (χ0v) is 20.6. The number of carbonyl (C=O) groups excluding carboxylic acids is 2. The smallest absolute Gasteiger partial charge is 0.269 e. The maximum atomic E-state index is 13.7. The van der Waals surface area contributed by atoms with Crippen LogP contribution in [0.3, 0.4) is 0 Å². The second-order valence-corrected chi connectivity index (χ2v) is 9.48.